The van der Waals surface area contributed by atoms with Crippen LogP contribution in [-0.2, 0) is 0 Å². The fourth-order valence-corrected chi connectivity index (χ4v) is 2.33. The number of anilines is 1. The number of fused-ring (bicyclic) bond motifs is 1. The summed E-state index contributed by atoms with van der Waals surface area (Å²) < 4.78 is 11.3. The highest BCUT2D eigenvalue weighted by Crippen LogP contribution is 2.41. The molecule has 5 nitrogen and oxygen atoms in total. The van der Waals surface area contributed by atoms with Crippen molar-refractivity contribution in [2.75, 3.05) is 18.9 Å². The zero-order valence-corrected chi connectivity index (χ0v) is 11.1. The van der Waals surface area contributed by atoms with Crippen molar-refractivity contribution in [1.82, 2.24) is 10.2 Å². The molecule has 5 heteroatoms. The molecule has 1 aromatic heterocycles. The number of ether oxygens (including phenoxy) is 2. The van der Waals surface area contributed by atoms with Crippen molar-refractivity contribution >= 4 is 5.82 Å². The summed E-state index contributed by atoms with van der Waals surface area (Å²) in [6.07, 6.45) is 1.74. The Morgan fingerprint density at radius 2 is 1.84 bits per heavy atom. The van der Waals surface area contributed by atoms with E-state index in [2.05, 4.69) is 24.0 Å². The Kier molecular flexibility index (Phi) is 2.81. The SMILES string of the molecule is CC(C)c1cc2c(cc1-c1cn[nH]c1N)OCCO2. The van der Waals surface area contributed by atoms with Crippen LogP contribution < -0.4 is 15.2 Å². The Labute approximate surface area is 111 Å². The maximum absolute atomic E-state index is 5.93. The van der Waals surface area contributed by atoms with Crippen LogP contribution in [0.25, 0.3) is 11.1 Å². The second-order valence-electron chi connectivity index (χ2n) is 4.94. The van der Waals surface area contributed by atoms with Gasteiger partial charge in [0.25, 0.3) is 0 Å². The molecule has 0 amide bonds. The van der Waals surface area contributed by atoms with Crippen molar-refractivity contribution in [1.29, 1.82) is 0 Å². The molecule has 3 rings (SSSR count). The Morgan fingerprint density at radius 1 is 1.16 bits per heavy atom. The quantitative estimate of drug-likeness (QED) is 0.869. The molecule has 3 N–H and O–H groups in total. The van der Waals surface area contributed by atoms with E-state index in [0.717, 1.165) is 22.6 Å². The summed E-state index contributed by atoms with van der Waals surface area (Å²) in [6.45, 7) is 5.46. The summed E-state index contributed by atoms with van der Waals surface area (Å²) in [7, 11) is 0. The second-order valence-corrected chi connectivity index (χ2v) is 4.94. The van der Waals surface area contributed by atoms with E-state index >= 15 is 0 Å². The summed E-state index contributed by atoms with van der Waals surface area (Å²) in [5, 5.41) is 6.76. The van der Waals surface area contributed by atoms with Gasteiger partial charge < -0.3 is 15.2 Å². The van der Waals surface area contributed by atoms with Gasteiger partial charge in [-0.05, 0) is 29.2 Å². The number of aromatic amines is 1. The first-order valence-electron chi connectivity index (χ1n) is 6.39. The molecule has 1 aromatic carbocycles. The number of hydrogen-bond donors (Lipinski definition) is 2. The summed E-state index contributed by atoms with van der Waals surface area (Å²) in [6, 6.07) is 4.03. The molecule has 0 atom stereocenters. The lowest BCUT2D eigenvalue weighted by Crippen LogP contribution is -2.16. The van der Waals surface area contributed by atoms with Crippen LogP contribution in [0.5, 0.6) is 11.5 Å². The van der Waals surface area contributed by atoms with Crippen LogP contribution in [0, 0.1) is 0 Å². The van der Waals surface area contributed by atoms with E-state index in [4.69, 9.17) is 15.2 Å². The van der Waals surface area contributed by atoms with E-state index in [1.54, 1.807) is 6.20 Å². The van der Waals surface area contributed by atoms with Crippen LogP contribution in [0.4, 0.5) is 5.82 Å². The maximum atomic E-state index is 5.93. The third-order valence-corrected chi connectivity index (χ3v) is 3.30. The molecule has 1 aliphatic rings. The van der Waals surface area contributed by atoms with E-state index in [-0.39, 0.29) is 0 Å². The minimum atomic E-state index is 0.361. The molecule has 2 aromatic rings. The Bertz CT molecular complexity index is 605. The first kappa shape index (κ1) is 11.9. The number of nitrogens with zero attached hydrogens (tertiary/aromatic N) is 1. The van der Waals surface area contributed by atoms with Gasteiger partial charge in [-0.3, -0.25) is 5.10 Å². The van der Waals surface area contributed by atoms with Crippen LogP contribution in [0.3, 0.4) is 0 Å². The fraction of sp³-hybridized carbons (Fsp3) is 0.357. The lowest BCUT2D eigenvalue weighted by molar-refractivity contribution is 0.171. The van der Waals surface area contributed by atoms with Gasteiger partial charge >= 0.3 is 0 Å². The van der Waals surface area contributed by atoms with Crippen molar-refractivity contribution in [2.45, 2.75) is 19.8 Å². The molecule has 2 heterocycles. The van der Waals surface area contributed by atoms with Gasteiger partial charge in [0.15, 0.2) is 11.5 Å². The molecule has 1 aliphatic heterocycles. The molecular formula is C14H17N3O2. The molecule has 0 unspecified atom stereocenters. The topological polar surface area (TPSA) is 73.2 Å². The van der Waals surface area contributed by atoms with Crippen LogP contribution in [0.15, 0.2) is 18.3 Å². The summed E-state index contributed by atoms with van der Waals surface area (Å²) >= 11 is 0. The molecule has 0 bridgehead atoms. The van der Waals surface area contributed by atoms with Crippen LogP contribution in [0.1, 0.15) is 25.3 Å². The maximum Gasteiger partial charge on any atom is 0.162 e. The predicted molar refractivity (Wildman–Crippen MR) is 73.5 cm³/mol. The first-order valence-corrected chi connectivity index (χ1v) is 6.39. The minimum absolute atomic E-state index is 0.361. The van der Waals surface area contributed by atoms with Gasteiger partial charge in [0.1, 0.15) is 19.0 Å². The average molecular weight is 259 g/mol. The van der Waals surface area contributed by atoms with Crippen molar-refractivity contribution in [3.63, 3.8) is 0 Å². The van der Waals surface area contributed by atoms with E-state index in [0.29, 0.717) is 24.9 Å². The van der Waals surface area contributed by atoms with Crippen LogP contribution in [-0.4, -0.2) is 23.4 Å². The van der Waals surface area contributed by atoms with Crippen molar-refractivity contribution in [2.24, 2.45) is 0 Å². The number of rotatable bonds is 2. The lowest BCUT2D eigenvalue weighted by atomic mass is 9.93. The first-order chi connectivity index (χ1) is 9.16. The molecule has 19 heavy (non-hydrogen) atoms. The highest BCUT2D eigenvalue weighted by atomic mass is 16.6. The van der Waals surface area contributed by atoms with Gasteiger partial charge in [-0.2, -0.15) is 5.10 Å². The molecule has 0 fully saturated rings. The Morgan fingerprint density at radius 3 is 2.42 bits per heavy atom. The number of H-pyrrole nitrogens is 1. The zero-order valence-electron chi connectivity index (χ0n) is 11.1. The zero-order chi connectivity index (χ0) is 13.4. The van der Waals surface area contributed by atoms with Gasteiger partial charge in [-0.15, -0.1) is 0 Å². The third kappa shape index (κ3) is 2.01. The molecule has 0 aliphatic carbocycles. The standard InChI is InChI=1S/C14H17N3O2/c1-8(2)9-5-12-13(19-4-3-18-12)6-10(9)11-7-16-17-14(11)15/h5-8H,3-4H2,1-2H3,(H3,15,16,17). The second kappa shape index (κ2) is 4.50. The van der Waals surface area contributed by atoms with E-state index in [1.165, 1.54) is 5.56 Å². The number of nitrogen functional groups attached to an aromatic ring is 1. The summed E-state index contributed by atoms with van der Waals surface area (Å²) in [5.74, 6) is 2.51. The minimum Gasteiger partial charge on any atom is -0.486 e. The Hall–Kier alpha value is -2.17. The highest BCUT2D eigenvalue weighted by Gasteiger charge is 2.20. The van der Waals surface area contributed by atoms with E-state index < -0.39 is 0 Å². The van der Waals surface area contributed by atoms with Crippen LogP contribution >= 0.6 is 0 Å². The number of nitrogens with one attached hydrogen (secondary N) is 1. The number of nitrogens with two attached hydrogens (primary N) is 1. The normalized spacial score (nSPS) is 13.8. The average Bonchev–Trinajstić information content (AvgIpc) is 2.83. The van der Waals surface area contributed by atoms with Gasteiger partial charge in [0.2, 0.25) is 0 Å². The van der Waals surface area contributed by atoms with Gasteiger partial charge in [0.05, 0.1) is 6.20 Å². The number of benzene rings is 1. The van der Waals surface area contributed by atoms with Crippen molar-refractivity contribution in [3.05, 3.63) is 23.9 Å². The molecule has 0 spiro atoms. The lowest BCUT2D eigenvalue weighted by Gasteiger charge is -2.22. The number of hydrogen-bond acceptors (Lipinski definition) is 4. The van der Waals surface area contributed by atoms with Crippen molar-refractivity contribution < 1.29 is 9.47 Å². The van der Waals surface area contributed by atoms with Gasteiger partial charge in [-0.1, -0.05) is 13.8 Å². The fourth-order valence-electron chi connectivity index (χ4n) is 2.33. The van der Waals surface area contributed by atoms with Crippen molar-refractivity contribution in [3.8, 4) is 22.6 Å². The molecular weight excluding hydrogens is 242 g/mol. The summed E-state index contributed by atoms with van der Waals surface area (Å²) in [5.41, 5.74) is 9.06. The molecule has 0 saturated carbocycles. The molecule has 0 radical (unpaired) electrons. The van der Waals surface area contributed by atoms with E-state index in [1.807, 2.05) is 12.1 Å². The largest absolute Gasteiger partial charge is 0.486 e. The number of aromatic nitrogens is 2. The Balaban J connectivity index is 2.19. The van der Waals surface area contributed by atoms with Gasteiger partial charge in [0, 0.05) is 5.56 Å². The van der Waals surface area contributed by atoms with E-state index in [9.17, 15) is 0 Å². The predicted octanol–water partition coefficient (Wildman–Crippen LogP) is 2.55. The molecule has 0 saturated heterocycles. The third-order valence-electron chi connectivity index (χ3n) is 3.30. The summed E-state index contributed by atoms with van der Waals surface area (Å²) in [4.78, 5) is 0. The highest BCUT2D eigenvalue weighted by molar-refractivity contribution is 5.78. The van der Waals surface area contributed by atoms with Crippen LogP contribution in [0.2, 0.25) is 0 Å². The monoisotopic (exact) mass is 259 g/mol. The van der Waals surface area contributed by atoms with Gasteiger partial charge in [-0.25, -0.2) is 0 Å². The molecule has 100 valence electrons. The smallest absolute Gasteiger partial charge is 0.162 e.